The molecule has 1 aromatic rings. The summed E-state index contributed by atoms with van der Waals surface area (Å²) in [6.07, 6.45) is 2.68. The second-order valence-corrected chi connectivity index (χ2v) is 4.63. The SMILES string of the molecule is CCOc1cccnc1NC(CCCl)C(C)C. The lowest BCUT2D eigenvalue weighted by Gasteiger charge is -2.23. The van der Waals surface area contributed by atoms with Crippen LogP contribution in [0.25, 0.3) is 0 Å². The van der Waals surface area contributed by atoms with E-state index in [1.165, 1.54) is 0 Å². The van der Waals surface area contributed by atoms with Gasteiger partial charge in [0.2, 0.25) is 0 Å². The standard InChI is InChI=1S/C13H21ClN2O/c1-4-17-12-6-5-9-15-13(12)16-11(7-8-14)10(2)3/h5-6,9-11H,4,7-8H2,1-3H3,(H,15,16). The second kappa shape index (κ2) is 7.38. The summed E-state index contributed by atoms with van der Waals surface area (Å²) in [7, 11) is 0. The third kappa shape index (κ3) is 4.43. The zero-order valence-corrected chi connectivity index (χ0v) is 11.5. The van der Waals surface area contributed by atoms with Gasteiger partial charge in [-0.3, -0.25) is 0 Å². The smallest absolute Gasteiger partial charge is 0.168 e. The molecule has 0 bridgehead atoms. The number of pyridine rings is 1. The van der Waals surface area contributed by atoms with E-state index in [2.05, 4.69) is 24.1 Å². The van der Waals surface area contributed by atoms with Gasteiger partial charge >= 0.3 is 0 Å². The first-order valence-corrected chi connectivity index (χ1v) is 6.62. The highest BCUT2D eigenvalue weighted by Crippen LogP contribution is 2.23. The third-order valence-corrected chi connectivity index (χ3v) is 2.84. The molecule has 1 aromatic heterocycles. The molecule has 96 valence electrons. The van der Waals surface area contributed by atoms with Gasteiger partial charge in [0.25, 0.3) is 0 Å². The zero-order valence-electron chi connectivity index (χ0n) is 10.7. The quantitative estimate of drug-likeness (QED) is 0.758. The number of rotatable bonds is 7. The minimum Gasteiger partial charge on any atom is -0.490 e. The summed E-state index contributed by atoms with van der Waals surface area (Å²) >= 11 is 5.82. The molecule has 1 rings (SSSR count). The molecule has 1 N–H and O–H groups in total. The minimum absolute atomic E-state index is 0.321. The van der Waals surface area contributed by atoms with Gasteiger partial charge in [-0.25, -0.2) is 4.98 Å². The van der Waals surface area contributed by atoms with E-state index < -0.39 is 0 Å². The summed E-state index contributed by atoms with van der Waals surface area (Å²) in [5.41, 5.74) is 0. The molecule has 0 amide bonds. The van der Waals surface area contributed by atoms with Crippen LogP contribution in [0.3, 0.4) is 0 Å². The lowest BCUT2D eigenvalue weighted by atomic mass is 10.0. The Kier molecular flexibility index (Phi) is 6.12. The molecule has 1 unspecified atom stereocenters. The molecule has 0 aliphatic heterocycles. The summed E-state index contributed by atoms with van der Waals surface area (Å²) in [6, 6.07) is 4.13. The van der Waals surface area contributed by atoms with E-state index in [9.17, 15) is 0 Å². The Morgan fingerprint density at radius 2 is 2.24 bits per heavy atom. The number of ether oxygens (including phenoxy) is 1. The highest BCUT2D eigenvalue weighted by atomic mass is 35.5. The molecule has 0 aliphatic rings. The van der Waals surface area contributed by atoms with Crippen molar-refractivity contribution in [3.8, 4) is 5.75 Å². The Morgan fingerprint density at radius 3 is 2.82 bits per heavy atom. The summed E-state index contributed by atoms with van der Waals surface area (Å²) in [5, 5.41) is 3.41. The fraction of sp³-hybridized carbons (Fsp3) is 0.615. The Morgan fingerprint density at radius 1 is 1.47 bits per heavy atom. The average molecular weight is 257 g/mol. The topological polar surface area (TPSA) is 34.1 Å². The lowest BCUT2D eigenvalue weighted by Crippen LogP contribution is -2.26. The van der Waals surface area contributed by atoms with Gasteiger partial charge < -0.3 is 10.1 Å². The van der Waals surface area contributed by atoms with Crippen LogP contribution < -0.4 is 10.1 Å². The van der Waals surface area contributed by atoms with Crippen LogP contribution in [0.5, 0.6) is 5.75 Å². The van der Waals surface area contributed by atoms with Crippen molar-refractivity contribution in [3.05, 3.63) is 18.3 Å². The molecule has 0 aromatic carbocycles. The fourth-order valence-corrected chi connectivity index (χ4v) is 1.87. The number of alkyl halides is 1. The molecule has 0 aliphatic carbocycles. The van der Waals surface area contributed by atoms with E-state index in [0.29, 0.717) is 24.4 Å². The number of nitrogens with zero attached hydrogens (tertiary/aromatic N) is 1. The largest absolute Gasteiger partial charge is 0.490 e. The van der Waals surface area contributed by atoms with E-state index in [0.717, 1.165) is 18.0 Å². The predicted molar refractivity (Wildman–Crippen MR) is 73.0 cm³/mol. The van der Waals surface area contributed by atoms with Gasteiger partial charge in [0.1, 0.15) is 0 Å². The maximum absolute atomic E-state index is 5.82. The molecule has 17 heavy (non-hydrogen) atoms. The van der Waals surface area contributed by atoms with Gasteiger partial charge in [0.15, 0.2) is 11.6 Å². The summed E-state index contributed by atoms with van der Waals surface area (Å²) in [6.45, 7) is 6.96. The minimum atomic E-state index is 0.321. The number of hydrogen-bond donors (Lipinski definition) is 1. The van der Waals surface area contributed by atoms with Crippen molar-refractivity contribution in [2.24, 2.45) is 5.92 Å². The third-order valence-electron chi connectivity index (χ3n) is 2.62. The fourth-order valence-electron chi connectivity index (χ4n) is 1.64. The van der Waals surface area contributed by atoms with Crippen molar-refractivity contribution in [3.63, 3.8) is 0 Å². The second-order valence-electron chi connectivity index (χ2n) is 4.26. The Labute approximate surface area is 109 Å². The maximum atomic E-state index is 5.82. The normalized spacial score (nSPS) is 12.5. The van der Waals surface area contributed by atoms with Gasteiger partial charge in [0, 0.05) is 18.1 Å². The molecule has 0 fully saturated rings. The number of anilines is 1. The summed E-state index contributed by atoms with van der Waals surface area (Å²) < 4.78 is 5.54. The predicted octanol–water partition coefficient (Wildman–Crippen LogP) is 3.55. The van der Waals surface area contributed by atoms with Gasteiger partial charge in [-0.1, -0.05) is 13.8 Å². The zero-order chi connectivity index (χ0) is 12.7. The highest BCUT2D eigenvalue weighted by Gasteiger charge is 2.15. The molecular formula is C13H21ClN2O. The molecule has 0 saturated carbocycles. The number of nitrogens with one attached hydrogen (secondary N) is 1. The first-order chi connectivity index (χ1) is 8.19. The molecule has 0 saturated heterocycles. The first-order valence-electron chi connectivity index (χ1n) is 6.09. The van der Waals surface area contributed by atoms with Crippen LogP contribution in [0.2, 0.25) is 0 Å². The van der Waals surface area contributed by atoms with Crippen molar-refractivity contribution in [1.29, 1.82) is 0 Å². The highest BCUT2D eigenvalue weighted by molar-refractivity contribution is 6.17. The van der Waals surface area contributed by atoms with Crippen LogP contribution in [-0.2, 0) is 0 Å². The van der Waals surface area contributed by atoms with Crippen molar-refractivity contribution in [2.45, 2.75) is 33.2 Å². The van der Waals surface area contributed by atoms with E-state index in [4.69, 9.17) is 16.3 Å². The Bertz CT molecular complexity index is 331. The molecule has 4 heteroatoms. The van der Waals surface area contributed by atoms with Crippen LogP contribution in [0, 0.1) is 5.92 Å². The lowest BCUT2D eigenvalue weighted by molar-refractivity contribution is 0.339. The van der Waals surface area contributed by atoms with E-state index in [1.807, 2.05) is 19.1 Å². The molecular weight excluding hydrogens is 236 g/mol. The van der Waals surface area contributed by atoms with Crippen molar-refractivity contribution >= 4 is 17.4 Å². The Balaban J connectivity index is 2.77. The summed E-state index contributed by atoms with van der Waals surface area (Å²) in [5.74, 6) is 2.76. The average Bonchev–Trinajstić information content (AvgIpc) is 2.31. The molecule has 1 heterocycles. The first kappa shape index (κ1) is 14.1. The molecule has 0 radical (unpaired) electrons. The van der Waals surface area contributed by atoms with E-state index >= 15 is 0 Å². The van der Waals surface area contributed by atoms with Gasteiger partial charge in [-0.15, -0.1) is 11.6 Å². The van der Waals surface area contributed by atoms with Gasteiger partial charge in [0.05, 0.1) is 6.61 Å². The van der Waals surface area contributed by atoms with Crippen LogP contribution in [0.15, 0.2) is 18.3 Å². The molecule has 3 nitrogen and oxygen atoms in total. The summed E-state index contributed by atoms with van der Waals surface area (Å²) in [4.78, 5) is 4.32. The van der Waals surface area contributed by atoms with Crippen molar-refractivity contribution in [2.75, 3.05) is 17.8 Å². The van der Waals surface area contributed by atoms with Crippen LogP contribution >= 0.6 is 11.6 Å². The van der Waals surface area contributed by atoms with E-state index in [-0.39, 0.29) is 0 Å². The maximum Gasteiger partial charge on any atom is 0.168 e. The molecule has 1 atom stereocenters. The monoisotopic (exact) mass is 256 g/mol. The van der Waals surface area contributed by atoms with Crippen molar-refractivity contribution < 1.29 is 4.74 Å². The van der Waals surface area contributed by atoms with Crippen molar-refractivity contribution in [1.82, 2.24) is 4.98 Å². The number of aromatic nitrogens is 1. The van der Waals surface area contributed by atoms with Crippen LogP contribution in [0.1, 0.15) is 27.2 Å². The van der Waals surface area contributed by atoms with Crippen LogP contribution in [-0.4, -0.2) is 23.5 Å². The van der Waals surface area contributed by atoms with Gasteiger partial charge in [-0.05, 0) is 31.4 Å². The number of hydrogen-bond acceptors (Lipinski definition) is 3. The van der Waals surface area contributed by atoms with E-state index in [1.54, 1.807) is 6.20 Å². The molecule has 0 spiro atoms. The Hall–Kier alpha value is -0.960. The number of halogens is 1. The van der Waals surface area contributed by atoms with Crippen LogP contribution in [0.4, 0.5) is 5.82 Å². The van der Waals surface area contributed by atoms with Gasteiger partial charge in [-0.2, -0.15) is 0 Å².